The Morgan fingerprint density at radius 2 is 1.08 bits per heavy atom. The van der Waals surface area contributed by atoms with Crippen LogP contribution in [0.1, 0.15) is 53.4 Å². The normalized spacial score (nSPS) is 10.4. The summed E-state index contributed by atoms with van der Waals surface area (Å²) in [5.74, 6) is 1.12. The van der Waals surface area contributed by atoms with Crippen molar-refractivity contribution in [3.05, 3.63) is 12.1 Å². The molecule has 1 rings (SSSR count). The second-order valence-electron chi connectivity index (χ2n) is 6.11. The minimum absolute atomic E-state index is 0. The Morgan fingerprint density at radius 1 is 0.731 bits per heavy atom. The number of rotatable bonds is 14. The summed E-state index contributed by atoms with van der Waals surface area (Å²) in [6.45, 7) is 12.1. The smallest absolute Gasteiger partial charge is 0.233 e. The van der Waals surface area contributed by atoms with E-state index in [1.54, 1.807) is 0 Å². The molecule has 0 spiro atoms. The molecule has 0 fully saturated rings. The quantitative estimate of drug-likeness (QED) is 0.167. The lowest BCUT2D eigenvalue weighted by atomic mass is 10.2. The maximum atomic E-state index is 5.62. The van der Waals surface area contributed by atoms with Crippen LogP contribution in [0.3, 0.4) is 0 Å². The molecule has 1 aromatic heterocycles. The van der Waals surface area contributed by atoms with Gasteiger partial charge in [-0.3, -0.25) is 0 Å². The van der Waals surface area contributed by atoms with E-state index in [0.29, 0.717) is 37.1 Å². The molecule has 0 bridgehead atoms. The van der Waals surface area contributed by atoms with Gasteiger partial charge in [-0.25, -0.2) is 0 Å². The highest BCUT2D eigenvalue weighted by atomic mass is 127. The van der Waals surface area contributed by atoms with Gasteiger partial charge in [0.05, 0.1) is 12.1 Å². The molecule has 0 saturated carbocycles. The molecule has 0 amide bonds. The Kier molecular flexibility index (Phi) is 20.0. The third-order valence-corrected chi connectivity index (χ3v) is 4.45. The van der Waals surface area contributed by atoms with Crippen LogP contribution in [0, 0.1) is 0 Å². The molecule has 0 aliphatic carbocycles. The van der Waals surface area contributed by atoms with Crippen molar-refractivity contribution in [1.82, 2.24) is 10.2 Å². The summed E-state index contributed by atoms with van der Waals surface area (Å²) in [6.07, 6.45) is 4.77. The van der Waals surface area contributed by atoms with E-state index in [1.807, 2.05) is 12.1 Å². The Hall–Kier alpha value is 0.0600. The molecule has 0 unspecified atom stereocenters. The number of hydrogen-bond acceptors (Lipinski definition) is 4. The molecule has 0 saturated heterocycles. The van der Waals surface area contributed by atoms with Crippen LogP contribution in [0.15, 0.2) is 12.1 Å². The number of hydrogen-bond donors (Lipinski definition) is 2. The van der Waals surface area contributed by atoms with Gasteiger partial charge < -0.3 is 68.1 Å². The van der Waals surface area contributed by atoms with E-state index in [-0.39, 0.29) is 48.0 Å². The zero-order chi connectivity index (χ0) is 17.6. The number of quaternary nitrogens is 2. The van der Waals surface area contributed by atoms with Gasteiger partial charge in [-0.1, -0.05) is 27.7 Å². The van der Waals surface area contributed by atoms with Crippen LogP contribution in [0.2, 0.25) is 0 Å². The minimum atomic E-state index is 0. The van der Waals surface area contributed by atoms with Gasteiger partial charge in [0.2, 0.25) is 11.8 Å². The first kappa shape index (κ1) is 28.3. The van der Waals surface area contributed by atoms with Gasteiger partial charge in [0, 0.05) is 12.1 Å². The molecule has 4 N–H and O–H groups in total. The van der Waals surface area contributed by atoms with Gasteiger partial charge in [0.25, 0.3) is 0 Å². The second kappa shape index (κ2) is 18.4. The summed E-state index contributed by atoms with van der Waals surface area (Å²) in [6, 6.07) is 5.02. The van der Waals surface area contributed by atoms with Gasteiger partial charge >= 0.3 is 0 Å². The maximum Gasteiger partial charge on any atom is 0.233 e. The first-order valence-corrected chi connectivity index (χ1v) is 9.49. The first-order valence-electron chi connectivity index (χ1n) is 9.49. The molecule has 0 atom stereocenters. The van der Waals surface area contributed by atoms with Gasteiger partial charge in [-0.2, -0.15) is 0 Å². The molecule has 0 aliphatic heterocycles. The van der Waals surface area contributed by atoms with Crippen LogP contribution in [0.25, 0.3) is 0 Å². The molecule has 6 nitrogen and oxygen atoms in total. The topological polar surface area (TPSA) is 77.5 Å². The van der Waals surface area contributed by atoms with Crippen molar-refractivity contribution < 1.29 is 68.1 Å². The van der Waals surface area contributed by atoms with Crippen LogP contribution < -0.4 is 68.1 Å². The van der Waals surface area contributed by atoms with Crippen molar-refractivity contribution in [3.63, 3.8) is 0 Å². The molecule has 1 aromatic rings. The van der Waals surface area contributed by atoms with Crippen molar-refractivity contribution in [2.45, 2.75) is 65.5 Å². The summed E-state index contributed by atoms with van der Waals surface area (Å²) in [7, 11) is 0. The van der Waals surface area contributed by atoms with Crippen LogP contribution in [-0.2, 0) is 0 Å². The fraction of sp³-hybridized carbons (Fsp3) is 0.778. The van der Waals surface area contributed by atoms with Crippen molar-refractivity contribution in [2.24, 2.45) is 0 Å². The molecule has 0 aromatic carbocycles. The van der Waals surface area contributed by atoms with Crippen LogP contribution in [-0.4, -0.2) is 48.6 Å². The lowest BCUT2D eigenvalue weighted by molar-refractivity contribution is -0.690. The number of aromatic nitrogens is 2. The Morgan fingerprint density at radius 3 is 1.35 bits per heavy atom. The highest BCUT2D eigenvalue weighted by Crippen LogP contribution is 2.09. The molecular formula is C18H36I2N4O2. The summed E-state index contributed by atoms with van der Waals surface area (Å²) in [5, 5.41) is 12.8. The van der Waals surface area contributed by atoms with Gasteiger partial charge in [0.1, 0.15) is 26.3 Å². The zero-order valence-electron chi connectivity index (χ0n) is 16.6. The third-order valence-electron chi connectivity index (χ3n) is 4.45. The second-order valence-corrected chi connectivity index (χ2v) is 6.11. The fourth-order valence-corrected chi connectivity index (χ4v) is 2.64. The predicted octanol–water partition coefficient (Wildman–Crippen LogP) is -5.25. The Balaban J connectivity index is 0. The molecular weight excluding hydrogens is 558 g/mol. The van der Waals surface area contributed by atoms with Crippen molar-refractivity contribution >= 4 is 0 Å². The summed E-state index contributed by atoms with van der Waals surface area (Å²) < 4.78 is 11.2. The monoisotopic (exact) mass is 594 g/mol. The maximum absolute atomic E-state index is 5.62. The number of ether oxygens (including phenoxy) is 2. The van der Waals surface area contributed by atoms with Gasteiger partial charge in [0.15, 0.2) is 0 Å². The highest BCUT2D eigenvalue weighted by Gasteiger charge is 2.07. The average molecular weight is 594 g/mol. The predicted molar refractivity (Wildman–Crippen MR) is 95.3 cm³/mol. The summed E-state index contributed by atoms with van der Waals surface area (Å²) >= 11 is 0. The molecule has 0 radical (unpaired) electrons. The highest BCUT2D eigenvalue weighted by molar-refractivity contribution is 5.15. The number of nitrogens with two attached hydrogens (primary N) is 2. The molecule has 8 heteroatoms. The Labute approximate surface area is 193 Å². The van der Waals surface area contributed by atoms with Crippen LogP contribution in [0.5, 0.6) is 11.8 Å². The van der Waals surface area contributed by atoms with Crippen LogP contribution in [0.4, 0.5) is 0 Å². The standard InChI is InChI=1S/C18H34N4O2.2HI/c1-5-15(6-2)19-11-13-23-17-9-10-18(22-21-17)24-14-12-20-16(7-3)8-4;;/h9-10,15-16,19-20H,5-8,11-14H2,1-4H3;2*1H. The van der Waals surface area contributed by atoms with E-state index in [4.69, 9.17) is 9.47 Å². The van der Waals surface area contributed by atoms with Crippen molar-refractivity contribution in [1.29, 1.82) is 0 Å². The van der Waals surface area contributed by atoms with E-state index >= 15 is 0 Å². The van der Waals surface area contributed by atoms with E-state index in [2.05, 4.69) is 48.5 Å². The number of halogens is 2. The van der Waals surface area contributed by atoms with Crippen molar-refractivity contribution in [2.75, 3.05) is 26.3 Å². The van der Waals surface area contributed by atoms with E-state index in [9.17, 15) is 0 Å². The summed E-state index contributed by atoms with van der Waals surface area (Å²) in [4.78, 5) is 0. The van der Waals surface area contributed by atoms with E-state index in [0.717, 1.165) is 13.1 Å². The molecule has 0 aliphatic rings. The largest absolute Gasteiger partial charge is 1.00 e. The van der Waals surface area contributed by atoms with E-state index < -0.39 is 0 Å². The van der Waals surface area contributed by atoms with Crippen LogP contribution >= 0.6 is 0 Å². The zero-order valence-corrected chi connectivity index (χ0v) is 20.9. The Bertz CT molecular complexity index is 377. The third kappa shape index (κ3) is 12.4. The molecule has 26 heavy (non-hydrogen) atoms. The SMILES string of the molecule is CCC(CC)[NH2+]CCOc1ccc(OCC[NH2+]C(CC)CC)nn1.[I-].[I-]. The lowest BCUT2D eigenvalue weighted by Crippen LogP contribution is -3.00. The van der Waals surface area contributed by atoms with Crippen molar-refractivity contribution in [3.8, 4) is 11.8 Å². The summed E-state index contributed by atoms with van der Waals surface area (Å²) in [5.41, 5.74) is 0. The average Bonchev–Trinajstić information content (AvgIpc) is 2.63. The molecule has 1 heterocycles. The van der Waals surface area contributed by atoms with Gasteiger partial charge in [-0.05, 0) is 25.7 Å². The van der Waals surface area contributed by atoms with E-state index in [1.165, 1.54) is 25.7 Å². The fourth-order valence-electron chi connectivity index (χ4n) is 2.64. The lowest BCUT2D eigenvalue weighted by Gasteiger charge is -2.12. The molecule has 154 valence electrons. The van der Waals surface area contributed by atoms with Gasteiger partial charge in [-0.15, -0.1) is 10.2 Å². The minimum Gasteiger partial charge on any atom is -1.00 e. The number of nitrogens with zero attached hydrogens (tertiary/aromatic N) is 2. The first-order chi connectivity index (χ1) is 11.7.